The molecule has 3 aromatic carbocycles. The summed E-state index contributed by atoms with van der Waals surface area (Å²) in [5.74, 6) is 6.84. The summed E-state index contributed by atoms with van der Waals surface area (Å²) in [5.41, 5.74) is 8.81. The summed E-state index contributed by atoms with van der Waals surface area (Å²) >= 11 is 0. The zero-order valence-corrected chi connectivity index (χ0v) is 23.5. The molecule has 4 aromatic rings. The number of nitrogens with one attached hydrogen (secondary N) is 1. The fourth-order valence-electron chi connectivity index (χ4n) is 3.93. The van der Waals surface area contributed by atoms with E-state index in [0.717, 1.165) is 0 Å². The van der Waals surface area contributed by atoms with Gasteiger partial charge in [-0.15, -0.1) is 0 Å². The molecule has 3 N–H and O–H groups in total. The van der Waals surface area contributed by atoms with Gasteiger partial charge < -0.3 is 19.8 Å². The largest absolute Gasteiger partial charge is 0.496 e. The molecule has 210 valence electrons. The number of sulfonamides is 1. The van der Waals surface area contributed by atoms with Gasteiger partial charge in [-0.2, -0.15) is 0 Å². The minimum absolute atomic E-state index is 0.0831. The number of para-hydroxylation sites is 1. The number of anilines is 1. The van der Waals surface area contributed by atoms with Crippen molar-refractivity contribution in [1.29, 1.82) is 0 Å². The van der Waals surface area contributed by atoms with Crippen LogP contribution in [0.25, 0.3) is 6.08 Å². The zero-order valence-electron chi connectivity index (χ0n) is 22.7. The Balaban J connectivity index is 1.46. The number of allylic oxidation sites excluding steroid dienone is 1. The van der Waals surface area contributed by atoms with E-state index in [1.807, 2.05) is 29.0 Å². The lowest BCUT2D eigenvalue weighted by molar-refractivity contribution is 0.104. The molecule has 0 radical (unpaired) electrons. The predicted octanol–water partition coefficient (Wildman–Crippen LogP) is 4.15. The topological polar surface area (TPSA) is 126 Å². The Kier molecular flexibility index (Phi) is 9.58. The monoisotopic (exact) mass is 570 g/mol. The molecule has 4 rings (SSSR count). The van der Waals surface area contributed by atoms with Crippen LogP contribution in [0.3, 0.4) is 0 Å². The normalized spacial score (nSPS) is 11.2. The Morgan fingerprint density at radius 1 is 1.02 bits per heavy atom. The molecule has 0 unspecified atom stereocenters. The van der Waals surface area contributed by atoms with Crippen LogP contribution in [0.15, 0.2) is 90.4 Å². The number of carbonyl (C=O) groups is 1. The van der Waals surface area contributed by atoms with Gasteiger partial charge in [0.25, 0.3) is 0 Å². The number of ketones is 1. The second-order valence-electron chi connectivity index (χ2n) is 8.91. The van der Waals surface area contributed by atoms with Crippen molar-refractivity contribution >= 4 is 27.6 Å². The van der Waals surface area contributed by atoms with Crippen LogP contribution in [0.1, 0.15) is 33.5 Å². The smallest absolute Gasteiger partial charge is 0.240 e. The molecule has 1 aromatic heterocycles. The first-order valence-electron chi connectivity index (χ1n) is 12.7. The van der Waals surface area contributed by atoms with Gasteiger partial charge in [0.1, 0.15) is 11.5 Å². The third-order valence-corrected chi connectivity index (χ3v) is 7.63. The van der Waals surface area contributed by atoms with Crippen molar-refractivity contribution in [1.82, 2.24) is 14.3 Å². The molecule has 0 saturated heterocycles. The maximum absolute atomic E-state index is 12.9. The molecule has 9 nitrogen and oxygen atoms in total. The van der Waals surface area contributed by atoms with E-state index in [2.05, 4.69) is 21.5 Å². The fourth-order valence-corrected chi connectivity index (χ4v) is 5.00. The summed E-state index contributed by atoms with van der Waals surface area (Å²) in [6, 6.07) is 16.6. The maximum atomic E-state index is 12.9. The average Bonchev–Trinajstić information content (AvgIpc) is 3.51. The van der Waals surface area contributed by atoms with Crippen molar-refractivity contribution in [2.45, 2.75) is 17.9 Å². The Morgan fingerprint density at radius 2 is 1.76 bits per heavy atom. The molecule has 0 aliphatic carbocycles. The highest BCUT2D eigenvalue weighted by Gasteiger charge is 2.14. The molecule has 0 amide bonds. The number of hydrogen-bond donors (Lipinski definition) is 2. The maximum Gasteiger partial charge on any atom is 0.240 e. The number of carbonyl (C=O) groups excluding carboxylic acids is 1. The van der Waals surface area contributed by atoms with Gasteiger partial charge in [0, 0.05) is 53.9 Å². The van der Waals surface area contributed by atoms with Crippen molar-refractivity contribution in [3.8, 4) is 23.3 Å². The van der Waals surface area contributed by atoms with E-state index in [1.54, 1.807) is 36.8 Å². The van der Waals surface area contributed by atoms with Crippen LogP contribution in [-0.2, 0) is 16.6 Å². The van der Waals surface area contributed by atoms with E-state index >= 15 is 0 Å². The number of hydrogen-bond acceptors (Lipinski definition) is 7. The lowest BCUT2D eigenvalue weighted by Gasteiger charge is -2.10. The Hall–Kier alpha value is -4.85. The van der Waals surface area contributed by atoms with E-state index in [0.29, 0.717) is 52.4 Å². The molecule has 0 fully saturated rings. The summed E-state index contributed by atoms with van der Waals surface area (Å²) in [6.07, 6.45) is 8.80. The van der Waals surface area contributed by atoms with Gasteiger partial charge in [-0.25, -0.2) is 18.1 Å². The summed E-state index contributed by atoms with van der Waals surface area (Å²) in [4.78, 5) is 16.9. The first-order valence-corrected chi connectivity index (χ1v) is 14.2. The van der Waals surface area contributed by atoms with Crippen LogP contribution in [0.2, 0.25) is 0 Å². The number of nitrogen functional groups attached to an aromatic ring is 1. The summed E-state index contributed by atoms with van der Waals surface area (Å²) in [6.45, 7) is 0.926. The molecule has 10 heteroatoms. The SMILES string of the molecule is COc1cc(OC)c(/C=C/C(=O)c2ccc(S(=O)(=O)NCCCn3ccnc3)cc2)cc1C#Cc1ccccc1N. The van der Waals surface area contributed by atoms with Gasteiger partial charge >= 0.3 is 0 Å². The number of aryl methyl sites for hydroxylation is 1. The van der Waals surface area contributed by atoms with E-state index in [9.17, 15) is 13.2 Å². The summed E-state index contributed by atoms with van der Waals surface area (Å²) in [7, 11) is -0.640. The number of nitrogens with zero attached hydrogens (tertiary/aromatic N) is 2. The molecule has 1 heterocycles. The average molecular weight is 571 g/mol. The third-order valence-electron chi connectivity index (χ3n) is 6.15. The van der Waals surface area contributed by atoms with Crippen molar-refractivity contribution in [3.05, 3.63) is 108 Å². The van der Waals surface area contributed by atoms with Gasteiger partial charge in [0.2, 0.25) is 10.0 Å². The van der Waals surface area contributed by atoms with Crippen LogP contribution in [0.4, 0.5) is 5.69 Å². The predicted molar refractivity (Wildman–Crippen MR) is 158 cm³/mol. The van der Waals surface area contributed by atoms with E-state index < -0.39 is 10.0 Å². The number of nitrogens with two attached hydrogens (primary N) is 1. The van der Waals surface area contributed by atoms with Crippen molar-refractivity contribution in [3.63, 3.8) is 0 Å². The highest BCUT2D eigenvalue weighted by molar-refractivity contribution is 7.89. The van der Waals surface area contributed by atoms with Gasteiger partial charge in [0.15, 0.2) is 5.78 Å². The highest BCUT2D eigenvalue weighted by Crippen LogP contribution is 2.30. The van der Waals surface area contributed by atoms with Crippen molar-refractivity contribution in [2.24, 2.45) is 0 Å². The van der Waals surface area contributed by atoms with Gasteiger partial charge in [-0.1, -0.05) is 24.0 Å². The molecular formula is C31H30N4O5S. The van der Waals surface area contributed by atoms with Crippen molar-refractivity contribution in [2.75, 3.05) is 26.5 Å². The lowest BCUT2D eigenvalue weighted by Crippen LogP contribution is -2.25. The second kappa shape index (κ2) is 13.5. The van der Waals surface area contributed by atoms with Crippen LogP contribution in [0.5, 0.6) is 11.5 Å². The minimum Gasteiger partial charge on any atom is -0.496 e. The number of aromatic nitrogens is 2. The van der Waals surface area contributed by atoms with Crippen LogP contribution < -0.4 is 19.9 Å². The van der Waals surface area contributed by atoms with Crippen LogP contribution in [-0.4, -0.2) is 44.5 Å². The molecule has 0 saturated carbocycles. The number of rotatable bonds is 11. The third kappa shape index (κ3) is 7.63. The fraction of sp³-hybridized carbons (Fsp3) is 0.161. The van der Waals surface area contributed by atoms with Gasteiger partial charge in [0.05, 0.1) is 31.0 Å². The standard InChI is InChI=1S/C31H30N4O5S/c1-39-30-21-31(40-2)26(20-25(30)9-8-23-6-3-4-7-28(23)32)12-15-29(36)24-10-13-27(14-11-24)41(37,38)34-16-5-18-35-19-17-33-22-35/h3-4,6-7,10-15,17,19-22,34H,5,16,18,32H2,1-2H3/b15-12+. The highest BCUT2D eigenvalue weighted by atomic mass is 32.2. The Bertz CT molecular complexity index is 1700. The molecule has 0 spiro atoms. The number of ether oxygens (including phenoxy) is 2. The first kappa shape index (κ1) is 29.1. The number of benzene rings is 3. The van der Waals surface area contributed by atoms with Gasteiger partial charge in [-0.3, -0.25) is 4.79 Å². The molecule has 0 aliphatic heterocycles. The molecule has 41 heavy (non-hydrogen) atoms. The van der Waals surface area contributed by atoms with Crippen LogP contribution in [0, 0.1) is 11.8 Å². The minimum atomic E-state index is -3.70. The summed E-state index contributed by atoms with van der Waals surface area (Å²) < 4.78 is 40.7. The summed E-state index contributed by atoms with van der Waals surface area (Å²) in [5, 5.41) is 0. The number of methoxy groups -OCH3 is 2. The molecular weight excluding hydrogens is 540 g/mol. The molecule has 0 aliphatic rings. The van der Waals surface area contributed by atoms with Gasteiger partial charge in [-0.05, 0) is 61.0 Å². The molecule has 0 atom stereocenters. The van der Waals surface area contributed by atoms with E-state index in [-0.39, 0.29) is 17.2 Å². The number of imidazole rings is 1. The molecule has 0 bridgehead atoms. The lowest BCUT2D eigenvalue weighted by atomic mass is 10.0. The van der Waals surface area contributed by atoms with E-state index in [1.165, 1.54) is 44.6 Å². The zero-order chi connectivity index (χ0) is 29.2. The first-order chi connectivity index (χ1) is 19.8. The van der Waals surface area contributed by atoms with Crippen LogP contribution >= 0.6 is 0 Å². The quantitative estimate of drug-likeness (QED) is 0.0912. The second-order valence-corrected chi connectivity index (χ2v) is 10.7. The Morgan fingerprint density at radius 3 is 2.44 bits per heavy atom. The van der Waals surface area contributed by atoms with Crippen molar-refractivity contribution < 1.29 is 22.7 Å². The Labute approximate surface area is 239 Å². The van der Waals surface area contributed by atoms with E-state index in [4.69, 9.17) is 15.2 Å².